The molecule has 0 aliphatic carbocycles. The monoisotopic (exact) mass is 337 g/mol. The smallest absolute Gasteiger partial charge is 0.243 e. The van der Waals surface area contributed by atoms with E-state index in [4.69, 9.17) is 4.74 Å². The molecule has 0 N–H and O–H groups in total. The maximum absolute atomic E-state index is 13.0. The van der Waals surface area contributed by atoms with E-state index in [0.717, 1.165) is 23.4 Å². The summed E-state index contributed by atoms with van der Waals surface area (Å²) in [6, 6.07) is 4.86. The van der Waals surface area contributed by atoms with Crippen molar-refractivity contribution in [2.45, 2.75) is 17.7 Å². The minimum atomic E-state index is -3.66. The van der Waals surface area contributed by atoms with Crippen molar-refractivity contribution in [2.75, 3.05) is 20.2 Å². The Hall–Kier alpha value is -2.06. The van der Waals surface area contributed by atoms with Gasteiger partial charge in [-0.05, 0) is 30.7 Å². The molecular weight excluding hydrogens is 321 g/mol. The molecule has 1 aliphatic heterocycles. The first-order valence-electron chi connectivity index (χ1n) is 7.15. The lowest BCUT2D eigenvalue weighted by Crippen LogP contribution is -2.33. The molecule has 2 heterocycles. The van der Waals surface area contributed by atoms with Crippen LogP contribution in [0.4, 0.5) is 4.39 Å². The fourth-order valence-electron chi connectivity index (χ4n) is 2.65. The fraction of sp³-hybridized carbons (Fsp3) is 0.333. The van der Waals surface area contributed by atoms with Gasteiger partial charge in [-0.15, -0.1) is 0 Å². The summed E-state index contributed by atoms with van der Waals surface area (Å²) in [6.07, 6.45) is 2.37. The van der Waals surface area contributed by atoms with Crippen molar-refractivity contribution in [1.29, 1.82) is 0 Å². The molecular formula is C15H16FN3O3S. The van der Waals surface area contributed by atoms with Crippen LogP contribution in [0.3, 0.4) is 0 Å². The molecule has 23 heavy (non-hydrogen) atoms. The average Bonchev–Trinajstić information content (AvgIpc) is 2.78. The van der Waals surface area contributed by atoms with Crippen LogP contribution in [0.2, 0.25) is 0 Å². The van der Waals surface area contributed by atoms with E-state index < -0.39 is 15.8 Å². The molecule has 0 saturated carbocycles. The zero-order chi connectivity index (χ0) is 16.4. The molecule has 0 radical (unpaired) electrons. The van der Waals surface area contributed by atoms with E-state index in [2.05, 4.69) is 9.97 Å². The molecule has 8 heteroatoms. The van der Waals surface area contributed by atoms with Crippen LogP contribution in [0, 0.1) is 5.82 Å². The highest BCUT2D eigenvalue weighted by molar-refractivity contribution is 7.89. The zero-order valence-corrected chi connectivity index (χ0v) is 13.4. The number of fused-ring (bicyclic) bond motifs is 1. The average molecular weight is 337 g/mol. The highest BCUT2D eigenvalue weighted by Gasteiger charge is 2.28. The first-order valence-corrected chi connectivity index (χ1v) is 8.59. The van der Waals surface area contributed by atoms with Crippen LogP contribution in [0.1, 0.15) is 11.3 Å². The Morgan fingerprint density at radius 3 is 2.52 bits per heavy atom. The van der Waals surface area contributed by atoms with Gasteiger partial charge in [0.1, 0.15) is 12.1 Å². The lowest BCUT2D eigenvalue weighted by atomic mass is 10.1. The van der Waals surface area contributed by atoms with Gasteiger partial charge in [-0.2, -0.15) is 4.31 Å². The largest absolute Gasteiger partial charge is 0.481 e. The van der Waals surface area contributed by atoms with Crippen LogP contribution in [0.25, 0.3) is 0 Å². The number of ether oxygens (including phenoxy) is 1. The Labute approximate surface area is 134 Å². The zero-order valence-electron chi connectivity index (χ0n) is 12.6. The molecule has 0 atom stereocenters. The third-order valence-electron chi connectivity index (χ3n) is 3.85. The van der Waals surface area contributed by atoms with Crippen molar-refractivity contribution in [3.63, 3.8) is 0 Å². The summed E-state index contributed by atoms with van der Waals surface area (Å²) in [5.41, 5.74) is 1.64. The van der Waals surface area contributed by atoms with E-state index in [1.807, 2.05) is 0 Å². The standard InChI is InChI=1S/C15H16FN3O3S/c1-22-15-13-6-8-19(9-7-14(13)17-10-18-15)23(20,21)12-4-2-11(16)3-5-12/h2-5,10H,6-9H2,1H3. The highest BCUT2D eigenvalue weighted by atomic mass is 32.2. The summed E-state index contributed by atoms with van der Waals surface area (Å²) in [5.74, 6) is 0.0169. The van der Waals surface area contributed by atoms with Crippen LogP contribution in [0.5, 0.6) is 5.88 Å². The summed E-state index contributed by atoms with van der Waals surface area (Å²) in [4.78, 5) is 8.38. The Kier molecular flexibility index (Phi) is 4.27. The molecule has 1 aromatic heterocycles. The van der Waals surface area contributed by atoms with E-state index in [0.29, 0.717) is 31.8 Å². The predicted octanol–water partition coefficient (Wildman–Crippen LogP) is 1.41. The summed E-state index contributed by atoms with van der Waals surface area (Å²) >= 11 is 0. The third kappa shape index (κ3) is 3.04. The topological polar surface area (TPSA) is 72.4 Å². The molecule has 1 aliphatic rings. The van der Waals surface area contributed by atoms with E-state index >= 15 is 0 Å². The van der Waals surface area contributed by atoms with Crippen LogP contribution in [-0.4, -0.2) is 42.9 Å². The molecule has 3 rings (SSSR count). The van der Waals surface area contributed by atoms with Crippen LogP contribution in [-0.2, 0) is 22.9 Å². The van der Waals surface area contributed by atoms with Gasteiger partial charge in [0.05, 0.1) is 17.7 Å². The number of sulfonamides is 1. The normalized spacial score (nSPS) is 15.7. The molecule has 0 unspecified atom stereocenters. The van der Waals surface area contributed by atoms with Crippen LogP contribution < -0.4 is 4.74 Å². The highest BCUT2D eigenvalue weighted by Crippen LogP contribution is 2.25. The lowest BCUT2D eigenvalue weighted by Gasteiger charge is -2.19. The van der Waals surface area contributed by atoms with Gasteiger partial charge in [0.2, 0.25) is 15.9 Å². The number of nitrogens with zero attached hydrogens (tertiary/aromatic N) is 3. The molecule has 1 aromatic carbocycles. The second-order valence-electron chi connectivity index (χ2n) is 5.17. The first-order chi connectivity index (χ1) is 11.0. The maximum atomic E-state index is 13.0. The van der Waals surface area contributed by atoms with E-state index in [1.54, 1.807) is 0 Å². The second kappa shape index (κ2) is 6.21. The molecule has 2 aromatic rings. The second-order valence-corrected chi connectivity index (χ2v) is 7.10. The summed E-state index contributed by atoms with van der Waals surface area (Å²) in [7, 11) is -2.13. The van der Waals surface area contributed by atoms with Crippen LogP contribution in [0.15, 0.2) is 35.5 Å². The van der Waals surface area contributed by atoms with Crippen molar-refractivity contribution < 1.29 is 17.5 Å². The quantitative estimate of drug-likeness (QED) is 0.847. The molecule has 0 saturated heterocycles. The maximum Gasteiger partial charge on any atom is 0.243 e. The summed E-state index contributed by atoms with van der Waals surface area (Å²) in [6.45, 7) is 0.614. The molecule has 6 nitrogen and oxygen atoms in total. The third-order valence-corrected chi connectivity index (χ3v) is 5.76. The summed E-state index contributed by atoms with van der Waals surface area (Å²) < 4.78 is 45.0. The summed E-state index contributed by atoms with van der Waals surface area (Å²) in [5, 5.41) is 0. The number of rotatable bonds is 3. The van der Waals surface area contributed by atoms with Gasteiger partial charge in [-0.25, -0.2) is 22.8 Å². The molecule has 122 valence electrons. The van der Waals surface area contributed by atoms with Gasteiger partial charge in [-0.3, -0.25) is 0 Å². The van der Waals surface area contributed by atoms with Gasteiger partial charge in [0.15, 0.2) is 0 Å². The lowest BCUT2D eigenvalue weighted by molar-refractivity contribution is 0.388. The van der Waals surface area contributed by atoms with E-state index in [-0.39, 0.29) is 4.90 Å². The first kappa shape index (κ1) is 15.8. The van der Waals surface area contributed by atoms with Crippen molar-refractivity contribution in [2.24, 2.45) is 0 Å². The minimum Gasteiger partial charge on any atom is -0.481 e. The van der Waals surface area contributed by atoms with Crippen molar-refractivity contribution in [1.82, 2.24) is 14.3 Å². The van der Waals surface area contributed by atoms with Gasteiger partial charge in [0, 0.05) is 25.1 Å². The number of hydrogen-bond donors (Lipinski definition) is 0. The van der Waals surface area contributed by atoms with Gasteiger partial charge < -0.3 is 4.74 Å². The Morgan fingerprint density at radius 2 is 1.83 bits per heavy atom. The number of aromatic nitrogens is 2. The predicted molar refractivity (Wildman–Crippen MR) is 81.2 cm³/mol. The van der Waals surface area contributed by atoms with E-state index in [1.165, 1.54) is 29.9 Å². The number of halogens is 1. The van der Waals surface area contributed by atoms with E-state index in [9.17, 15) is 12.8 Å². The van der Waals surface area contributed by atoms with Crippen LogP contribution >= 0.6 is 0 Å². The molecule has 0 amide bonds. The minimum absolute atomic E-state index is 0.0860. The SMILES string of the molecule is COc1ncnc2c1CCN(S(=O)(=O)c1ccc(F)cc1)CC2. The van der Waals surface area contributed by atoms with Gasteiger partial charge in [-0.1, -0.05) is 0 Å². The molecule has 0 spiro atoms. The number of hydrogen-bond acceptors (Lipinski definition) is 5. The molecule has 0 fully saturated rings. The number of benzene rings is 1. The Bertz CT molecular complexity index is 809. The van der Waals surface area contributed by atoms with Crippen molar-refractivity contribution >= 4 is 10.0 Å². The van der Waals surface area contributed by atoms with Gasteiger partial charge in [0.25, 0.3) is 0 Å². The molecule has 0 bridgehead atoms. The Balaban J connectivity index is 1.88. The van der Waals surface area contributed by atoms with Crippen molar-refractivity contribution in [3.8, 4) is 5.88 Å². The van der Waals surface area contributed by atoms with Crippen molar-refractivity contribution in [3.05, 3.63) is 47.7 Å². The van der Waals surface area contributed by atoms with Gasteiger partial charge >= 0.3 is 0 Å². The number of methoxy groups -OCH3 is 1. The Morgan fingerprint density at radius 1 is 1.13 bits per heavy atom. The fourth-order valence-corrected chi connectivity index (χ4v) is 4.09.